The summed E-state index contributed by atoms with van der Waals surface area (Å²) in [5, 5.41) is 10.3. The van der Waals surface area contributed by atoms with E-state index in [-0.39, 0.29) is 28.2 Å². The van der Waals surface area contributed by atoms with Gasteiger partial charge in [-0.1, -0.05) is 41.9 Å². The number of benzene rings is 2. The molecule has 1 N–H and O–H groups in total. The molecule has 1 aliphatic heterocycles. The number of carbonyl (C=O) groups excluding carboxylic acids is 2. The molecule has 166 valence electrons. The van der Waals surface area contributed by atoms with Crippen molar-refractivity contribution in [1.29, 1.82) is 0 Å². The van der Waals surface area contributed by atoms with Crippen molar-refractivity contribution >= 4 is 29.1 Å². The number of rotatable bonds is 4. The van der Waals surface area contributed by atoms with E-state index in [2.05, 4.69) is 0 Å². The third kappa shape index (κ3) is 3.79. The van der Waals surface area contributed by atoms with Crippen LogP contribution in [0.4, 0.5) is 0 Å². The summed E-state index contributed by atoms with van der Waals surface area (Å²) in [6.45, 7) is 1.77. The van der Waals surface area contributed by atoms with E-state index in [1.165, 1.54) is 14.2 Å². The molecule has 6 nitrogen and oxygen atoms in total. The lowest BCUT2D eigenvalue weighted by atomic mass is 9.69. The number of esters is 1. The lowest BCUT2D eigenvalue weighted by Gasteiger charge is -2.36. The third-order valence-electron chi connectivity index (χ3n) is 6.24. The number of hydrogen-bond donors (Lipinski definition) is 1. The number of ether oxygens (including phenoxy) is 2. The average Bonchev–Trinajstić information content (AvgIpc) is 2.79. The molecule has 0 radical (unpaired) electrons. The van der Waals surface area contributed by atoms with E-state index < -0.39 is 17.8 Å². The molecule has 0 bridgehead atoms. The van der Waals surface area contributed by atoms with Gasteiger partial charge in [-0.25, -0.2) is 0 Å². The van der Waals surface area contributed by atoms with Gasteiger partial charge in [0.15, 0.2) is 17.3 Å². The fourth-order valence-corrected chi connectivity index (χ4v) is 4.96. The highest BCUT2D eigenvalue weighted by Gasteiger charge is 2.45. The van der Waals surface area contributed by atoms with Gasteiger partial charge in [0, 0.05) is 29.3 Å². The SMILES string of the molecule is COC(=O)C1C(C)=NC2=C(C(=O)C[C@H](c3ccccc3)C2)[C@@H]1c1cc(Cl)c(O)c(OC)c1. The summed E-state index contributed by atoms with van der Waals surface area (Å²) in [6.07, 6.45) is 0.917. The van der Waals surface area contributed by atoms with Gasteiger partial charge in [0.25, 0.3) is 0 Å². The Morgan fingerprint density at radius 1 is 1.12 bits per heavy atom. The minimum Gasteiger partial charge on any atom is -0.503 e. The maximum absolute atomic E-state index is 13.5. The number of aromatic hydroxyl groups is 1. The third-order valence-corrected chi connectivity index (χ3v) is 6.53. The number of aliphatic imine (C=N–C) groups is 1. The summed E-state index contributed by atoms with van der Waals surface area (Å²) in [6, 6.07) is 13.1. The lowest BCUT2D eigenvalue weighted by Crippen LogP contribution is -2.37. The topological polar surface area (TPSA) is 85.2 Å². The smallest absolute Gasteiger partial charge is 0.315 e. The molecule has 0 saturated carbocycles. The van der Waals surface area contributed by atoms with Gasteiger partial charge in [-0.05, 0) is 42.5 Å². The molecule has 32 heavy (non-hydrogen) atoms. The van der Waals surface area contributed by atoms with Crippen molar-refractivity contribution in [3.63, 3.8) is 0 Å². The van der Waals surface area contributed by atoms with Crippen molar-refractivity contribution in [2.24, 2.45) is 10.9 Å². The van der Waals surface area contributed by atoms with Crippen LogP contribution in [0.25, 0.3) is 0 Å². The highest BCUT2D eigenvalue weighted by Crippen LogP contribution is 2.49. The Balaban J connectivity index is 1.87. The van der Waals surface area contributed by atoms with Crippen LogP contribution in [0, 0.1) is 5.92 Å². The van der Waals surface area contributed by atoms with Gasteiger partial charge in [-0.15, -0.1) is 0 Å². The standard InChI is InChI=1S/C25H24ClNO5/c1-13-21(25(30)32-3)22(16-9-17(26)24(29)20(12-16)31-2)23-18(27-13)10-15(11-19(23)28)14-7-5-4-6-8-14/h4-9,12,15,21-22,29H,10-11H2,1-3H3/t15-,21?,22-/m1/s1. The second kappa shape index (κ2) is 8.79. The summed E-state index contributed by atoms with van der Waals surface area (Å²) in [5.41, 5.74) is 3.43. The van der Waals surface area contributed by atoms with Gasteiger partial charge in [-0.2, -0.15) is 0 Å². The van der Waals surface area contributed by atoms with Gasteiger partial charge in [-0.3, -0.25) is 14.6 Å². The maximum Gasteiger partial charge on any atom is 0.315 e. The molecule has 0 spiro atoms. The summed E-state index contributed by atoms with van der Waals surface area (Å²) in [7, 11) is 2.73. The first-order chi connectivity index (χ1) is 15.3. The molecule has 1 aliphatic carbocycles. The van der Waals surface area contributed by atoms with Crippen LogP contribution in [0.1, 0.15) is 42.7 Å². The van der Waals surface area contributed by atoms with E-state index in [0.717, 1.165) is 5.56 Å². The predicted molar refractivity (Wildman–Crippen MR) is 121 cm³/mol. The van der Waals surface area contributed by atoms with Gasteiger partial charge >= 0.3 is 5.97 Å². The molecular formula is C25H24ClNO5. The quantitative estimate of drug-likeness (QED) is 0.672. The van der Waals surface area contributed by atoms with Crippen molar-refractivity contribution < 1.29 is 24.2 Å². The number of carbonyl (C=O) groups is 2. The largest absolute Gasteiger partial charge is 0.503 e. The van der Waals surface area contributed by atoms with Crippen LogP contribution < -0.4 is 4.74 Å². The number of hydrogen-bond acceptors (Lipinski definition) is 6. The molecule has 0 aromatic heterocycles. The molecule has 1 unspecified atom stereocenters. The molecule has 3 atom stereocenters. The molecule has 0 fully saturated rings. The van der Waals surface area contributed by atoms with Crippen LogP contribution in [-0.4, -0.2) is 36.8 Å². The number of halogens is 1. The number of phenols is 1. The van der Waals surface area contributed by atoms with Crippen LogP contribution in [0.3, 0.4) is 0 Å². The molecule has 1 heterocycles. The Hall–Kier alpha value is -3.12. The monoisotopic (exact) mass is 453 g/mol. The Morgan fingerprint density at radius 2 is 1.84 bits per heavy atom. The summed E-state index contributed by atoms with van der Waals surface area (Å²) >= 11 is 6.25. The molecule has 2 aromatic rings. The minimum atomic E-state index is -0.777. The molecule has 2 aromatic carbocycles. The zero-order valence-corrected chi connectivity index (χ0v) is 18.8. The Bertz CT molecular complexity index is 1140. The fraction of sp³-hybridized carbons (Fsp3) is 0.320. The number of allylic oxidation sites excluding steroid dienone is 2. The summed E-state index contributed by atoms with van der Waals surface area (Å²) in [4.78, 5) is 31.0. The van der Waals surface area contributed by atoms with Crippen molar-refractivity contribution in [3.8, 4) is 11.5 Å². The summed E-state index contributed by atoms with van der Waals surface area (Å²) in [5.74, 6) is -1.95. The Kier molecular flexibility index (Phi) is 6.07. The van der Waals surface area contributed by atoms with Crippen LogP contribution in [0.5, 0.6) is 11.5 Å². The van der Waals surface area contributed by atoms with Crippen LogP contribution in [0.15, 0.2) is 58.7 Å². The summed E-state index contributed by atoms with van der Waals surface area (Å²) < 4.78 is 10.3. The first-order valence-corrected chi connectivity index (χ1v) is 10.7. The number of methoxy groups -OCH3 is 2. The Morgan fingerprint density at radius 3 is 2.50 bits per heavy atom. The second-order valence-electron chi connectivity index (χ2n) is 8.08. The van der Waals surface area contributed by atoms with E-state index in [4.69, 9.17) is 26.1 Å². The van der Waals surface area contributed by atoms with E-state index in [9.17, 15) is 14.7 Å². The van der Waals surface area contributed by atoms with Gasteiger partial charge in [0.05, 0.1) is 19.2 Å². The highest BCUT2D eigenvalue weighted by molar-refractivity contribution is 6.32. The van der Waals surface area contributed by atoms with Crippen molar-refractivity contribution in [2.45, 2.75) is 31.6 Å². The molecular weight excluding hydrogens is 430 g/mol. The highest BCUT2D eigenvalue weighted by atomic mass is 35.5. The van der Waals surface area contributed by atoms with Crippen LogP contribution in [-0.2, 0) is 14.3 Å². The molecule has 4 rings (SSSR count). The van der Waals surface area contributed by atoms with Crippen molar-refractivity contribution in [2.75, 3.05) is 14.2 Å². The van der Waals surface area contributed by atoms with Gasteiger partial charge < -0.3 is 14.6 Å². The minimum absolute atomic E-state index is 0.0206. The van der Waals surface area contributed by atoms with Gasteiger partial charge in [0.1, 0.15) is 5.92 Å². The molecule has 0 saturated heterocycles. The fourth-order valence-electron chi connectivity index (χ4n) is 4.74. The van der Waals surface area contributed by atoms with Gasteiger partial charge in [0.2, 0.25) is 0 Å². The number of Topliss-reactive ketones (excluding diaryl/α,β-unsaturated/α-hetero) is 1. The predicted octanol–water partition coefficient (Wildman–Crippen LogP) is 4.80. The van der Waals surface area contributed by atoms with Crippen molar-refractivity contribution in [1.82, 2.24) is 0 Å². The molecule has 0 amide bonds. The van der Waals surface area contributed by atoms with E-state index in [1.54, 1.807) is 19.1 Å². The lowest BCUT2D eigenvalue weighted by molar-refractivity contribution is -0.143. The second-order valence-corrected chi connectivity index (χ2v) is 8.49. The van der Waals surface area contributed by atoms with Crippen molar-refractivity contribution in [3.05, 3.63) is 69.9 Å². The van der Waals surface area contributed by atoms with E-state index in [1.807, 2.05) is 30.3 Å². The zero-order chi connectivity index (χ0) is 23.0. The van der Waals surface area contributed by atoms with Crippen LogP contribution >= 0.6 is 11.6 Å². The maximum atomic E-state index is 13.5. The van der Waals surface area contributed by atoms with Crippen LogP contribution in [0.2, 0.25) is 5.02 Å². The molecule has 2 aliphatic rings. The number of ketones is 1. The van der Waals surface area contributed by atoms with E-state index >= 15 is 0 Å². The molecule has 7 heteroatoms. The average molecular weight is 454 g/mol. The number of nitrogens with zero attached hydrogens (tertiary/aromatic N) is 1. The van der Waals surface area contributed by atoms with E-state index in [0.29, 0.717) is 35.4 Å². The first kappa shape index (κ1) is 22.1. The Labute approximate surface area is 191 Å². The first-order valence-electron chi connectivity index (χ1n) is 10.4. The normalized spacial score (nSPS) is 22.8. The number of phenolic OH excluding ortho intramolecular Hbond substituents is 1. The zero-order valence-electron chi connectivity index (χ0n) is 18.1.